The quantitative estimate of drug-likeness (QED) is 0.284. The second-order valence-corrected chi connectivity index (χ2v) is 6.06. The lowest BCUT2D eigenvalue weighted by atomic mass is 10.3. The molecule has 2 N–H and O–H groups in total. The predicted molar refractivity (Wildman–Crippen MR) is 112 cm³/mol. The van der Waals surface area contributed by atoms with Crippen LogP contribution in [0.15, 0.2) is 29.3 Å². The second kappa shape index (κ2) is 11.4. The van der Waals surface area contributed by atoms with E-state index in [-0.39, 0.29) is 35.9 Å². The molecule has 0 radical (unpaired) electrons. The van der Waals surface area contributed by atoms with E-state index in [1.165, 1.54) is 0 Å². The van der Waals surface area contributed by atoms with Crippen LogP contribution in [0.3, 0.4) is 0 Å². The summed E-state index contributed by atoms with van der Waals surface area (Å²) in [5, 5.41) is 7.26. The molecule has 8 heteroatoms. The van der Waals surface area contributed by atoms with Crippen molar-refractivity contribution in [3.8, 4) is 5.75 Å². The highest BCUT2D eigenvalue weighted by Gasteiger charge is 2.25. The third kappa shape index (κ3) is 7.27. The fourth-order valence-corrected chi connectivity index (χ4v) is 2.71. The molecule has 1 heterocycles. The lowest BCUT2D eigenvalue weighted by Gasteiger charge is -2.18. The number of hydrogen-bond acceptors (Lipinski definition) is 3. The van der Waals surface area contributed by atoms with E-state index in [0.29, 0.717) is 24.6 Å². The first-order valence-electron chi connectivity index (χ1n) is 8.25. The van der Waals surface area contributed by atoms with Crippen molar-refractivity contribution in [1.82, 2.24) is 15.5 Å². The van der Waals surface area contributed by atoms with Gasteiger partial charge < -0.3 is 20.3 Å². The highest BCUT2D eigenvalue weighted by Crippen LogP contribution is 2.15. The zero-order chi connectivity index (χ0) is 17.4. The van der Waals surface area contributed by atoms with Crippen molar-refractivity contribution < 1.29 is 9.53 Å². The van der Waals surface area contributed by atoms with E-state index in [4.69, 9.17) is 16.3 Å². The molecule has 1 fully saturated rings. The Hall–Kier alpha value is -1.22. The Morgan fingerprint density at radius 2 is 2.12 bits per heavy atom. The fourth-order valence-electron chi connectivity index (χ4n) is 2.59. The molecule has 0 aliphatic carbocycles. The van der Waals surface area contributed by atoms with Crippen LogP contribution >= 0.6 is 35.6 Å². The van der Waals surface area contributed by atoms with Crippen molar-refractivity contribution in [2.45, 2.75) is 25.8 Å². The molecule has 1 saturated heterocycles. The maximum absolute atomic E-state index is 11.7. The van der Waals surface area contributed by atoms with Gasteiger partial charge >= 0.3 is 0 Å². The summed E-state index contributed by atoms with van der Waals surface area (Å²) in [5.41, 5.74) is 0. The van der Waals surface area contributed by atoms with Gasteiger partial charge in [-0.3, -0.25) is 9.79 Å². The molecule has 1 atom stereocenters. The molecule has 1 aliphatic heterocycles. The Bertz CT molecular complexity index is 568. The van der Waals surface area contributed by atoms with Crippen LogP contribution in [-0.4, -0.2) is 56.1 Å². The molecule has 6 nitrogen and oxygen atoms in total. The largest absolute Gasteiger partial charge is 0.492 e. The van der Waals surface area contributed by atoms with Crippen molar-refractivity contribution in [3.63, 3.8) is 0 Å². The van der Waals surface area contributed by atoms with Gasteiger partial charge in [0.1, 0.15) is 12.4 Å². The van der Waals surface area contributed by atoms with Gasteiger partial charge in [0, 0.05) is 37.6 Å². The van der Waals surface area contributed by atoms with E-state index in [9.17, 15) is 4.79 Å². The Morgan fingerprint density at radius 3 is 2.76 bits per heavy atom. The molecule has 0 spiro atoms. The lowest BCUT2D eigenvalue weighted by Crippen LogP contribution is -2.46. The van der Waals surface area contributed by atoms with Gasteiger partial charge in [0.05, 0.1) is 6.54 Å². The molecular weight excluding hydrogens is 455 g/mol. The summed E-state index contributed by atoms with van der Waals surface area (Å²) in [6, 6.07) is 7.52. The minimum atomic E-state index is 0. The van der Waals surface area contributed by atoms with Gasteiger partial charge in [0.25, 0.3) is 0 Å². The third-order valence-corrected chi connectivity index (χ3v) is 4.14. The Balaban J connectivity index is 0.00000312. The third-order valence-electron chi connectivity index (χ3n) is 3.88. The fraction of sp³-hybridized carbons (Fsp3) is 0.529. The van der Waals surface area contributed by atoms with Gasteiger partial charge in [-0.25, -0.2) is 0 Å². The van der Waals surface area contributed by atoms with Crippen molar-refractivity contribution in [2.75, 3.05) is 33.3 Å². The number of ether oxygens (including phenoxy) is 1. The number of nitrogens with zero attached hydrogens (tertiary/aromatic N) is 2. The van der Waals surface area contributed by atoms with Crippen molar-refractivity contribution in [1.29, 1.82) is 0 Å². The Kier molecular flexibility index (Phi) is 9.96. The number of carbonyl (C=O) groups is 1. The number of hydrogen-bond donors (Lipinski definition) is 2. The van der Waals surface area contributed by atoms with E-state index in [1.807, 2.05) is 24.0 Å². The molecule has 0 saturated carbocycles. The number of likely N-dealkylation sites (tertiary alicyclic amines) is 1. The summed E-state index contributed by atoms with van der Waals surface area (Å²) in [6.07, 6.45) is 1.50. The molecule has 1 amide bonds. The van der Waals surface area contributed by atoms with E-state index in [0.717, 1.165) is 31.2 Å². The minimum Gasteiger partial charge on any atom is -0.492 e. The molecule has 2 rings (SSSR count). The smallest absolute Gasteiger partial charge is 0.222 e. The van der Waals surface area contributed by atoms with Gasteiger partial charge in [-0.2, -0.15) is 0 Å². The number of aliphatic imine (C=N–C) groups is 1. The molecule has 0 bridgehead atoms. The SMILES string of the molecule is CCC(=O)N1CCC(NC(=NC)NCCOc2ccc(Cl)cc2)C1.I. The number of halogens is 2. The summed E-state index contributed by atoms with van der Waals surface area (Å²) in [7, 11) is 1.74. The van der Waals surface area contributed by atoms with Crippen LogP contribution in [0.1, 0.15) is 19.8 Å². The van der Waals surface area contributed by atoms with Crippen LogP contribution in [0, 0.1) is 0 Å². The maximum Gasteiger partial charge on any atom is 0.222 e. The average molecular weight is 481 g/mol. The van der Waals surface area contributed by atoms with Gasteiger partial charge in [-0.15, -0.1) is 24.0 Å². The lowest BCUT2D eigenvalue weighted by molar-refractivity contribution is -0.129. The maximum atomic E-state index is 11.7. The van der Waals surface area contributed by atoms with Crippen LogP contribution in [0.2, 0.25) is 5.02 Å². The van der Waals surface area contributed by atoms with Crippen LogP contribution in [-0.2, 0) is 4.79 Å². The monoisotopic (exact) mass is 480 g/mol. The number of amides is 1. The normalized spacial score (nSPS) is 17.0. The van der Waals surface area contributed by atoms with Crippen molar-refractivity contribution >= 4 is 47.4 Å². The molecule has 0 aromatic heterocycles. The molecular formula is C17H26ClIN4O2. The molecule has 1 aliphatic rings. The average Bonchev–Trinajstić information content (AvgIpc) is 3.07. The zero-order valence-corrected chi connectivity index (χ0v) is 17.7. The van der Waals surface area contributed by atoms with E-state index in [1.54, 1.807) is 19.2 Å². The molecule has 1 aromatic carbocycles. The molecule has 1 unspecified atom stereocenters. The highest BCUT2D eigenvalue weighted by molar-refractivity contribution is 14.0. The Labute approximate surface area is 171 Å². The summed E-state index contributed by atoms with van der Waals surface area (Å²) in [5.74, 6) is 1.72. The summed E-state index contributed by atoms with van der Waals surface area (Å²) < 4.78 is 5.63. The van der Waals surface area contributed by atoms with Gasteiger partial charge in [0.15, 0.2) is 5.96 Å². The zero-order valence-electron chi connectivity index (χ0n) is 14.6. The van der Waals surface area contributed by atoms with Crippen LogP contribution in [0.25, 0.3) is 0 Å². The summed E-state index contributed by atoms with van der Waals surface area (Å²) in [6.45, 7) is 4.58. The number of carbonyl (C=O) groups excluding carboxylic acids is 1. The first kappa shape index (κ1) is 21.8. The summed E-state index contributed by atoms with van der Waals surface area (Å²) in [4.78, 5) is 17.8. The molecule has 1 aromatic rings. The standard InChI is InChI=1S/C17H25ClN4O2.HI/c1-3-16(23)22-10-8-14(12-22)21-17(19-2)20-9-11-24-15-6-4-13(18)5-7-15;/h4-7,14H,3,8-12H2,1-2H3,(H2,19,20,21);1H. The van der Waals surface area contributed by atoms with Crippen LogP contribution < -0.4 is 15.4 Å². The molecule has 25 heavy (non-hydrogen) atoms. The minimum absolute atomic E-state index is 0. The number of nitrogens with one attached hydrogen (secondary N) is 2. The van der Waals surface area contributed by atoms with Gasteiger partial charge in [-0.1, -0.05) is 18.5 Å². The number of benzene rings is 1. The first-order chi connectivity index (χ1) is 11.6. The second-order valence-electron chi connectivity index (χ2n) is 5.62. The highest BCUT2D eigenvalue weighted by atomic mass is 127. The van der Waals surface area contributed by atoms with Crippen molar-refractivity contribution in [3.05, 3.63) is 29.3 Å². The summed E-state index contributed by atoms with van der Waals surface area (Å²) >= 11 is 5.84. The molecule has 140 valence electrons. The van der Waals surface area contributed by atoms with Crippen molar-refractivity contribution in [2.24, 2.45) is 4.99 Å². The van der Waals surface area contributed by atoms with E-state index in [2.05, 4.69) is 15.6 Å². The van der Waals surface area contributed by atoms with E-state index < -0.39 is 0 Å². The predicted octanol–water partition coefficient (Wildman–Crippen LogP) is 2.51. The van der Waals surface area contributed by atoms with Gasteiger partial charge in [0.2, 0.25) is 5.91 Å². The Morgan fingerprint density at radius 1 is 1.40 bits per heavy atom. The topological polar surface area (TPSA) is 66.0 Å². The van der Waals surface area contributed by atoms with E-state index >= 15 is 0 Å². The van der Waals surface area contributed by atoms with Crippen LogP contribution in [0.5, 0.6) is 5.75 Å². The first-order valence-corrected chi connectivity index (χ1v) is 8.63. The van der Waals surface area contributed by atoms with Crippen LogP contribution in [0.4, 0.5) is 0 Å². The number of guanidine groups is 1. The van der Waals surface area contributed by atoms with Gasteiger partial charge in [-0.05, 0) is 30.7 Å². The number of rotatable bonds is 6.